The van der Waals surface area contributed by atoms with Crippen molar-refractivity contribution in [1.82, 2.24) is 20.2 Å². The monoisotopic (exact) mass is 261 g/mol. The van der Waals surface area contributed by atoms with E-state index in [9.17, 15) is 0 Å². The molecule has 5 heteroatoms. The van der Waals surface area contributed by atoms with Gasteiger partial charge in [-0.25, -0.2) is 9.97 Å². The molecule has 0 unspecified atom stereocenters. The highest BCUT2D eigenvalue weighted by Gasteiger charge is 2.19. The summed E-state index contributed by atoms with van der Waals surface area (Å²) in [5, 5.41) is 3.35. The fourth-order valence-corrected chi connectivity index (χ4v) is 2.91. The zero-order valence-corrected chi connectivity index (χ0v) is 11.7. The third-order valence-electron chi connectivity index (χ3n) is 4.25. The van der Waals surface area contributed by atoms with Crippen LogP contribution in [0.25, 0.3) is 0 Å². The van der Waals surface area contributed by atoms with E-state index in [1.807, 2.05) is 12.4 Å². The maximum atomic E-state index is 4.57. The van der Waals surface area contributed by atoms with Crippen molar-refractivity contribution in [1.29, 1.82) is 0 Å². The molecule has 3 rings (SSSR count). The largest absolute Gasteiger partial charge is 0.338 e. The van der Waals surface area contributed by atoms with E-state index in [1.54, 1.807) is 0 Å². The number of likely N-dealkylation sites (tertiary alicyclic amines) is 1. The lowest BCUT2D eigenvalue weighted by Gasteiger charge is -2.30. The number of piperazine rings is 1. The van der Waals surface area contributed by atoms with Crippen molar-refractivity contribution < 1.29 is 0 Å². The predicted molar refractivity (Wildman–Crippen MR) is 76.6 cm³/mol. The van der Waals surface area contributed by atoms with Crippen molar-refractivity contribution >= 4 is 5.95 Å². The quantitative estimate of drug-likeness (QED) is 0.849. The second-order valence-electron chi connectivity index (χ2n) is 5.63. The molecule has 0 atom stereocenters. The zero-order chi connectivity index (χ0) is 13.1. The van der Waals surface area contributed by atoms with E-state index in [0.29, 0.717) is 5.92 Å². The molecule has 1 N–H and O–H groups in total. The number of hydrogen-bond donors (Lipinski definition) is 1. The van der Waals surface area contributed by atoms with Gasteiger partial charge in [0.25, 0.3) is 0 Å². The molecule has 3 heterocycles. The molecule has 2 aliphatic rings. The van der Waals surface area contributed by atoms with Crippen LogP contribution in [0.15, 0.2) is 12.4 Å². The van der Waals surface area contributed by atoms with Gasteiger partial charge in [0.1, 0.15) is 0 Å². The second-order valence-corrected chi connectivity index (χ2v) is 5.63. The Morgan fingerprint density at radius 3 is 2.32 bits per heavy atom. The average Bonchev–Trinajstić information content (AvgIpc) is 2.49. The molecule has 0 spiro atoms. The molecule has 1 aromatic rings. The van der Waals surface area contributed by atoms with Crippen LogP contribution in [0.3, 0.4) is 0 Å². The highest BCUT2D eigenvalue weighted by molar-refractivity contribution is 5.31. The van der Waals surface area contributed by atoms with Crippen molar-refractivity contribution in [3.63, 3.8) is 0 Å². The van der Waals surface area contributed by atoms with Gasteiger partial charge in [0.2, 0.25) is 5.95 Å². The maximum Gasteiger partial charge on any atom is 0.225 e. The van der Waals surface area contributed by atoms with Crippen LogP contribution < -0.4 is 10.2 Å². The number of rotatable bonds is 2. The van der Waals surface area contributed by atoms with Crippen LogP contribution in [-0.4, -0.2) is 61.2 Å². The first-order valence-corrected chi connectivity index (χ1v) is 7.29. The van der Waals surface area contributed by atoms with E-state index in [2.05, 4.69) is 32.1 Å². The number of nitrogens with zero attached hydrogens (tertiary/aromatic N) is 4. The Kier molecular flexibility index (Phi) is 3.94. The smallest absolute Gasteiger partial charge is 0.225 e. The van der Waals surface area contributed by atoms with Gasteiger partial charge in [-0.2, -0.15) is 0 Å². The fraction of sp³-hybridized carbons (Fsp3) is 0.714. The summed E-state index contributed by atoms with van der Waals surface area (Å²) in [4.78, 5) is 13.8. The highest BCUT2D eigenvalue weighted by Crippen LogP contribution is 2.26. The third-order valence-corrected chi connectivity index (χ3v) is 4.25. The van der Waals surface area contributed by atoms with Gasteiger partial charge in [0, 0.05) is 38.6 Å². The predicted octanol–water partition coefficient (Wildman–Crippen LogP) is 0.695. The lowest BCUT2D eigenvalue weighted by atomic mass is 9.92. The fourth-order valence-electron chi connectivity index (χ4n) is 2.91. The van der Waals surface area contributed by atoms with Crippen molar-refractivity contribution in [2.45, 2.75) is 18.8 Å². The molecule has 0 aromatic carbocycles. The van der Waals surface area contributed by atoms with Crippen molar-refractivity contribution in [3.05, 3.63) is 18.0 Å². The van der Waals surface area contributed by atoms with Crippen LogP contribution in [0.5, 0.6) is 0 Å². The molecule has 0 aliphatic carbocycles. The molecule has 5 nitrogen and oxygen atoms in total. The van der Waals surface area contributed by atoms with Gasteiger partial charge in [-0.1, -0.05) is 0 Å². The standard InChI is InChI=1S/C14H23N5/c1-18-6-2-12(3-7-18)13-10-16-14(17-11-13)19-8-4-15-5-9-19/h10-12,15H,2-9H2,1H3. The molecule has 2 saturated heterocycles. The summed E-state index contributed by atoms with van der Waals surface area (Å²) in [6.45, 7) is 6.44. The van der Waals surface area contributed by atoms with Gasteiger partial charge in [0.15, 0.2) is 0 Å². The summed E-state index contributed by atoms with van der Waals surface area (Å²) in [5.74, 6) is 1.53. The molecular weight excluding hydrogens is 238 g/mol. The number of anilines is 1. The highest BCUT2D eigenvalue weighted by atomic mass is 15.3. The van der Waals surface area contributed by atoms with Gasteiger partial charge in [-0.15, -0.1) is 0 Å². The summed E-state index contributed by atoms with van der Waals surface area (Å²) in [7, 11) is 2.19. The number of piperidine rings is 1. The minimum Gasteiger partial charge on any atom is -0.338 e. The Balaban J connectivity index is 1.65. The van der Waals surface area contributed by atoms with Crippen molar-refractivity contribution in [2.75, 3.05) is 51.2 Å². The third kappa shape index (κ3) is 3.04. The van der Waals surface area contributed by atoms with Crippen LogP contribution in [0.2, 0.25) is 0 Å². The maximum absolute atomic E-state index is 4.57. The number of hydrogen-bond acceptors (Lipinski definition) is 5. The zero-order valence-electron chi connectivity index (χ0n) is 11.7. The molecule has 0 amide bonds. The summed E-state index contributed by atoms with van der Waals surface area (Å²) in [6, 6.07) is 0. The molecule has 1 aromatic heterocycles. The Hall–Kier alpha value is -1.20. The Bertz CT molecular complexity index is 391. The molecule has 0 bridgehead atoms. The SMILES string of the molecule is CN1CCC(c2cnc(N3CCNCC3)nc2)CC1. The van der Waals surface area contributed by atoms with E-state index >= 15 is 0 Å². The van der Waals surface area contributed by atoms with Gasteiger partial charge < -0.3 is 15.1 Å². The molecular formula is C14H23N5. The number of nitrogens with one attached hydrogen (secondary N) is 1. The Labute approximate surface area is 115 Å². The molecule has 0 radical (unpaired) electrons. The average molecular weight is 261 g/mol. The van der Waals surface area contributed by atoms with E-state index < -0.39 is 0 Å². The molecule has 0 saturated carbocycles. The summed E-state index contributed by atoms with van der Waals surface area (Å²) in [6.07, 6.45) is 6.54. The van der Waals surface area contributed by atoms with Gasteiger partial charge >= 0.3 is 0 Å². The van der Waals surface area contributed by atoms with E-state index in [1.165, 1.54) is 31.5 Å². The minimum absolute atomic E-state index is 0.647. The van der Waals surface area contributed by atoms with Gasteiger partial charge in [0.05, 0.1) is 0 Å². The Morgan fingerprint density at radius 1 is 1.05 bits per heavy atom. The molecule has 2 fully saturated rings. The first-order chi connectivity index (χ1) is 9.33. The molecule has 104 valence electrons. The summed E-state index contributed by atoms with van der Waals surface area (Å²) >= 11 is 0. The summed E-state index contributed by atoms with van der Waals surface area (Å²) in [5.41, 5.74) is 1.31. The normalized spacial score (nSPS) is 22.7. The molecule has 19 heavy (non-hydrogen) atoms. The molecule has 2 aliphatic heterocycles. The first kappa shape index (κ1) is 12.8. The van der Waals surface area contributed by atoms with Gasteiger partial charge in [-0.3, -0.25) is 0 Å². The van der Waals surface area contributed by atoms with E-state index in [0.717, 1.165) is 32.1 Å². The van der Waals surface area contributed by atoms with Crippen LogP contribution in [-0.2, 0) is 0 Å². The lowest BCUT2D eigenvalue weighted by molar-refractivity contribution is 0.255. The first-order valence-electron chi connectivity index (χ1n) is 7.29. The van der Waals surface area contributed by atoms with E-state index in [4.69, 9.17) is 0 Å². The lowest BCUT2D eigenvalue weighted by Crippen LogP contribution is -2.44. The van der Waals surface area contributed by atoms with Crippen molar-refractivity contribution in [3.8, 4) is 0 Å². The number of aromatic nitrogens is 2. The van der Waals surface area contributed by atoms with E-state index in [-0.39, 0.29) is 0 Å². The Morgan fingerprint density at radius 2 is 1.68 bits per heavy atom. The second kappa shape index (κ2) is 5.84. The van der Waals surface area contributed by atoms with Crippen LogP contribution in [0.1, 0.15) is 24.3 Å². The van der Waals surface area contributed by atoms with Crippen LogP contribution in [0.4, 0.5) is 5.95 Å². The van der Waals surface area contributed by atoms with Crippen LogP contribution >= 0.6 is 0 Å². The van der Waals surface area contributed by atoms with Crippen LogP contribution in [0, 0.1) is 0 Å². The minimum atomic E-state index is 0.647. The summed E-state index contributed by atoms with van der Waals surface area (Å²) < 4.78 is 0. The van der Waals surface area contributed by atoms with Crippen molar-refractivity contribution in [2.24, 2.45) is 0 Å². The topological polar surface area (TPSA) is 44.3 Å². The van der Waals surface area contributed by atoms with Gasteiger partial charge in [-0.05, 0) is 44.5 Å².